The van der Waals surface area contributed by atoms with Crippen molar-refractivity contribution in [3.05, 3.63) is 24.3 Å². The molecule has 18 heavy (non-hydrogen) atoms. The Morgan fingerprint density at radius 2 is 1.67 bits per heavy atom. The Morgan fingerprint density at radius 1 is 1.06 bits per heavy atom. The summed E-state index contributed by atoms with van der Waals surface area (Å²) in [4.78, 5) is -0.113. The molecule has 102 valence electrons. The molecule has 0 aromatic heterocycles. The van der Waals surface area contributed by atoms with Crippen molar-refractivity contribution >= 4 is 10.1 Å². The first-order valence-corrected chi connectivity index (χ1v) is 7.68. The fourth-order valence-corrected chi connectivity index (χ4v) is 2.08. The Bertz CT molecular complexity index is 437. The number of ether oxygens (including phenoxy) is 1. The maximum Gasteiger partial charge on any atom is 0.294 e. The molecule has 1 rings (SSSR count). The summed E-state index contributed by atoms with van der Waals surface area (Å²) in [7, 11) is -4.11. The second kappa shape index (κ2) is 7.38. The highest BCUT2D eigenvalue weighted by Gasteiger charge is 2.08. The van der Waals surface area contributed by atoms with Crippen LogP contribution in [0.5, 0.6) is 5.75 Å². The summed E-state index contributed by atoms with van der Waals surface area (Å²) in [6.07, 6.45) is 5.85. The quantitative estimate of drug-likeness (QED) is 0.582. The van der Waals surface area contributed by atoms with E-state index in [1.165, 1.54) is 31.4 Å². The first-order valence-electron chi connectivity index (χ1n) is 6.24. The van der Waals surface area contributed by atoms with Crippen LogP contribution in [0.15, 0.2) is 29.2 Å². The lowest BCUT2D eigenvalue weighted by molar-refractivity contribution is 0.304. The highest BCUT2D eigenvalue weighted by molar-refractivity contribution is 7.85. The van der Waals surface area contributed by atoms with E-state index in [0.717, 1.165) is 12.8 Å². The molecule has 1 aromatic rings. The molecule has 0 radical (unpaired) electrons. The maximum absolute atomic E-state index is 10.8. The van der Waals surface area contributed by atoms with E-state index in [0.29, 0.717) is 12.4 Å². The van der Waals surface area contributed by atoms with Gasteiger partial charge >= 0.3 is 0 Å². The van der Waals surface area contributed by atoms with Crippen molar-refractivity contribution in [1.29, 1.82) is 0 Å². The smallest absolute Gasteiger partial charge is 0.294 e. The van der Waals surface area contributed by atoms with Gasteiger partial charge in [0.25, 0.3) is 10.1 Å². The van der Waals surface area contributed by atoms with E-state index in [1.807, 2.05) is 0 Å². The van der Waals surface area contributed by atoms with Gasteiger partial charge in [0.2, 0.25) is 0 Å². The summed E-state index contributed by atoms with van der Waals surface area (Å²) in [6, 6.07) is 5.77. The minimum absolute atomic E-state index is 0.113. The molecular formula is C13H20O4S. The van der Waals surface area contributed by atoms with Crippen molar-refractivity contribution in [1.82, 2.24) is 0 Å². The highest BCUT2D eigenvalue weighted by Crippen LogP contribution is 2.16. The largest absolute Gasteiger partial charge is 0.494 e. The summed E-state index contributed by atoms with van der Waals surface area (Å²) < 4.78 is 35.9. The zero-order chi connectivity index (χ0) is 13.4. The van der Waals surface area contributed by atoms with Crippen LogP contribution in [0.25, 0.3) is 0 Å². The molecule has 4 nitrogen and oxygen atoms in total. The zero-order valence-electron chi connectivity index (χ0n) is 10.6. The lowest BCUT2D eigenvalue weighted by atomic mass is 10.2. The van der Waals surface area contributed by atoms with Crippen molar-refractivity contribution in [3.8, 4) is 5.75 Å². The number of hydrogen-bond acceptors (Lipinski definition) is 3. The second-order valence-electron chi connectivity index (χ2n) is 4.21. The average Bonchev–Trinajstić information content (AvgIpc) is 2.33. The van der Waals surface area contributed by atoms with Crippen LogP contribution >= 0.6 is 0 Å². The van der Waals surface area contributed by atoms with E-state index in [2.05, 4.69) is 6.92 Å². The predicted molar refractivity (Wildman–Crippen MR) is 70.5 cm³/mol. The van der Waals surface area contributed by atoms with Gasteiger partial charge in [-0.1, -0.05) is 32.6 Å². The Balaban J connectivity index is 2.32. The molecule has 0 spiro atoms. The van der Waals surface area contributed by atoms with Crippen LogP contribution in [0.2, 0.25) is 0 Å². The van der Waals surface area contributed by atoms with E-state index in [-0.39, 0.29) is 4.90 Å². The van der Waals surface area contributed by atoms with Crippen molar-refractivity contribution in [2.45, 2.75) is 43.9 Å². The summed E-state index contributed by atoms with van der Waals surface area (Å²) in [6.45, 7) is 2.81. The van der Waals surface area contributed by atoms with E-state index in [9.17, 15) is 8.42 Å². The predicted octanol–water partition coefficient (Wildman–Crippen LogP) is 3.28. The van der Waals surface area contributed by atoms with Gasteiger partial charge in [-0.15, -0.1) is 0 Å². The van der Waals surface area contributed by atoms with Crippen LogP contribution in [0.4, 0.5) is 0 Å². The molecule has 0 saturated carbocycles. The third kappa shape index (κ3) is 5.51. The summed E-state index contributed by atoms with van der Waals surface area (Å²) >= 11 is 0. The maximum atomic E-state index is 10.8. The van der Waals surface area contributed by atoms with Gasteiger partial charge in [-0.05, 0) is 30.7 Å². The van der Waals surface area contributed by atoms with Crippen molar-refractivity contribution < 1.29 is 17.7 Å². The monoisotopic (exact) mass is 272 g/mol. The number of rotatable bonds is 8. The van der Waals surface area contributed by atoms with Gasteiger partial charge in [-0.25, -0.2) is 0 Å². The lowest BCUT2D eigenvalue weighted by Gasteiger charge is -2.06. The van der Waals surface area contributed by atoms with Gasteiger partial charge in [-0.2, -0.15) is 8.42 Å². The molecule has 1 N–H and O–H groups in total. The van der Waals surface area contributed by atoms with Gasteiger partial charge in [-0.3, -0.25) is 4.55 Å². The van der Waals surface area contributed by atoms with Crippen LogP contribution in [-0.4, -0.2) is 19.6 Å². The summed E-state index contributed by atoms with van der Waals surface area (Å²) in [5.41, 5.74) is 0. The van der Waals surface area contributed by atoms with Crippen LogP contribution in [0, 0.1) is 0 Å². The molecule has 0 unspecified atom stereocenters. The second-order valence-corrected chi connectivity index (χ2v) is 5.63. The minimum Gasteiger partial charge on any atom is -0.494 e. The van der Waals surface area contributed by atoms with E-state index in [4.69, 9.17) is 9.29 Å². The third-order valence-corrected chi connectivity index (χ3v) is 3.51. The van der Waals surface area contributed by atoms with Gasteiger partial charge in [0.05, 0.1) is 11.5 Å². The van der Waals surface area contributed by atoms with Gasteiger partial charge in [0, 0.05) is 0 Å². The lowest BCUT2D eigenvalue weighted by Crippen LogP contribution is -2.00. The SMILES string of the molecule is CCCCCCCOc1ccc(S(=O)(=O)O)cc1. The van der Waals surface area contributed by atoms with Gasteiger partial charge in [0.15, 0.2) is 0 Å². The molecule has 0 saturated heterocycles. The number of unbranched alkanes of at least 4 members (excludes halogenated alkanes) is 4. The van der Waals surface area contributed by atoms with Crippen LogP contribution < -0.4 is 4.74 Å². The first-order chi connectivity index (χ1) is 8.54. The van der Waals surface area contributed by atoms with Crippen molar-refractivity contribution in [3.63, 3.8) is 0 Å². The van der Waals surface area contributed by atoms with Crippen LogP contribution in [0.1, 0.15) is 39.0 Å². The molecule has 0 fully saturated rings. The zero-order valence-corrected chi connectivity index (χ0v) is 11.4. The molecule has 0 amide bonds. The van der Waals surface area contributed by atoms with Gasteiger partial charge in [0.1, 0.15) is 5.75 Å². The number of hydrogen-bond donors (Lipinski definition) is 1. The highest BCUT2D eigenvalue weighted by atomic mass is 32.2. The topological polar surface area (TPSA) is 63.6 Å². The Kier molecular flexibility index (Phi) is 6.15. The molecule has 0 bridgehead atoms. The molecule has 5 heteroatoms. The Labute approximate surface area is 109 Å². The molecule has 0 heterocycles. The molecule has 1 aromatic carbocycles. The van der Waals surface area contributed by atoms with E-state index >= 15 is 0 Å². The molecule has 0 aliphatic rings. The molecule has 0 atom stereocenters. The van der Waals surface area contributed by atoms with E-state index < -0.39 is 10.1 Å². The molecule has 0 aliphatic heterocycles. The van der Waals surface area contributed by atoms with Gasteiger partial charge < -0.3 is 4.74 Å². The van der Waals surface area contributed by atoms with E-state index in [1.54, 1.807) is 12.1 Å². The number of benzene rings is 1. The van der Waals surface area contributed by atoms with Crippen molar-refractivity contribution in [2.24, 2.45) is 0 Å². The minimum atomic E-state index is -4.11. The molecule has 0 aliphatic carbocycles. The summed E-state index contributed by atoms with van der Waals surface area (Å²) in [5.74, 6) is 0.623. The van der Waals surface area contributed by atoms with Crippen molar-refractivity contribution in [2.75, 3.05) is 6.61 Å². The normalized spacial score (nSPS) is 11.4. The fourth-order valence-electron chi connectivity index (χ4n) is 1.60. The Morgan fingerprint density at radius 3 is 2.22 bits per heavy atom. The standard InChI is InChI=1S/C13H20O4S/c1-2-3-4-5-6-11-17-12-7-9-13(10-8-12)18(14,15)16/h7-10H,2-6,11H2,1H3,(H,14,15,16). The Hall–Kier alpha value is -1.07. The first kappa shape index (κ1) is 15.0. The third-order valence-electron chi connectivity index (χ3n) is 2.64. The van der Waals surface area contributed by atoms with Crippen LogP contribution in [0.3, 0.4) is 0 Å². The average molecular weight is 272 g/mol. The molecular weight excluding hydrogens is 252 g/mol. The summed E-state index contributed by atoms with van der Waals surface area (Å²) in [5, 5.41) is 0. The fraction of sp³-hybridized carbons (Fsp3) is 0.538. The van der Waals surface area contributed by atoms with Crippen LogP contribution in [-0.2, 0) is 10.1 Å².